The Hall–Kier alpha value is -1.94. The summed E-state index contributed by atoms with van der Waals surface area (Å²) in [6, 6.07) is 9.32. The summed E-state index contributed by atoms with van der Waals surface area (Å²) in [6.45, 7) is 0.602. The van der Waals surface area contributed by atoms with E-state index in [1.807, 2.05) is 30.3 Å². The van der Waals surface area contributed by atoms with E-state index in [4.69, 9.17) is 5.73 Å². The Morgan fingerprint density at radius 3 is 3.00 bits per heavy atom. The van der Waals surface area contributed by atoms with Crippen LogP contribution in [0, 0.1) is 0 Å². The lowest BCUT2D eigenvalue weighted by atomic mass is 10.1. The van der Waals surface area contributed by atoms with Gasteiger partial charge in [0.1, 0.15) is 6.04 Å². The molecule has 1 atom stereocenters. The molecule has 2 heterocycles. The van der Waals surface area contributed by atoms with Crippen molar-refractivity contribution in [3.63, 3.8) is 0 Å². The highest BCUT2D eigenvalue weighted by atomic mass is 16.2. The lowest BCUT2D eigenvalue weighted by Crippen LogP contribution is -2.61. The molecule has 16 heavy (non-hydrogen) atoms. The van der Waals surface area contributed by atoms with Crippen molar-refractivity contribution in [1.82, 2.24) is 4.98 Å². The van der Waals surface area contributed by atoms with Crippen molar-refractivity contribution in [3.05, 3.63) is 36.5 Å². The molecule has 80 valence electrons. The van der Waals surface area contributed by atoms with Crippen LogP contribution in [-0.2, 0) is 4.79 Å². The van der Waals surface area contributed by atoms with E-state index in [0.29, 0.717) is 6.54 Å². The standard InChI is InChI=1S/C12H11N3O/c13-10-7-15(12(10)16)9-3-4-11-8(6-9)2-1-5-14-11/h1-6,10H,7,13H2. The zero-order valence-electron chi connectivity index (χ0n) is 8.63. The van der Waals surface area contributed by atoms with Crippen LogP contribution in [-0.4, -0.2) is 23.5 Å². The maximum absolute atomic E-state index is 11.5. The molecule has 0 bridgehead atoms. The molecular weight excluding hydrogens is 202 g/mol. The highest BCUT2D eigenvalue weighted by molar-refractivity contribution is 6.04. The van der Waals surface area contributed by atoms with Gasteiger partial charge in [-0.1, -0.05) is 6.07 Å². The van der Waals surface area contributed by atoms with Crippen molar-refractivity contribution in [1.29, 1.82) is 0 Å². The number of benzene rings is 1. The Balaban J connectivity index is 2.03. The number of β-lactam (4-membered cyclic amide) rings is 1. The van der Waals surface area contributed by atoms with E-state index in [9.17, 15) is 4.79 Å². The third kappa shape index (κ3) is 1.27. The summed E-state index contributed by atoms with van der Waals surface area (Å²) in [4.78, 5) is 17.4. The van der Waals surface area contributed by atoms with Crippen LogP contribution in [0.2, 0.25) is 0 Å². The van der Waals surface area contributed by atoms with Gasteiger partial charge in [-0.2, -0.15) is 0 Å². The van der Waals surface area contributed by atoms with Crippen molar-refractivity contribution in [2.24, 2.45) is 5.73 Å². The number of fused-ring (bicyclic) bond motifs is 1. The largest absolute Gasteiger partial charge is 0.318 e. The number of aromatic nitrogens is 1. The second kappa shape index (κ2) is 3.28. The fraction of sp³-hybridized carbons (Fsp3) is 0.167. The lowest BCUT2D eigenvalue weighted by molar-refractivity contribution is -0.123. The molecule has 1 fully saturated rings. The molecule has 0 saturated carbocycles. The number of carbonyl (C=O) groups excluding carboxylic acids is 1. The summed E-state index contributed by atoms with van der Waals surface area (Å²) >= 11 is 0. The van der Waals surface area contributed by atoms with Crippen molar-refractivity contribution in [2.45, 2.75) is 6.04 Å². The van der Waals surface area contributed by atoms with E-state index in [0.717, 1.165) is 16.6 Å². The van der Waals surface area contributed by atoms with Crippen molar-refractivity contribution < 1.29 is 4.79 Å². The Kier molecular flexibility index (Phi) is 1.91. The summed E-state index contributed by atoms with van der Waals surface area (Å²) in [5.41, 5.74) is 7.39. The van der Waals surface area contributed by atoms with E-state index in [1.54, 1.807) is 11.1 Å². The number of hydrogen-bond acceptors (Lipinski definition) is 3. The molecule has 1 amide bonds. The van der Waals surface area contributed by atoms with E-state index in [1.165, 1.54) is 0 Å². The molecule has 3 rings (SSSR count). The molecular formula is C12H11N3O. The maximum atomic E-state index is 11.5. The molecule has 0 radical (unpaired) electrons. The van der Waals surface area contributed by atoms with Gasteiger partial charge in [0.2, 0.25) is 5.91 Å². The quantitative estimate of drug-likeness (QED) is 0.716. The first kappa shape index (κ1) is 9.30. The third-order valence-corrected chi connectivity index (χ3v) is 2.86. The second-order valence-electron chi connectivity index (χ2n) is 3.94. The van der Waals surface area contributed by atoms with Gasteiger partial charge in [0.25, 0.3) is 0 Å². The number of amides is 1. The number of rotatable bonds is 1. The molecule has 2 aromatic rings. The molecule has 4 heteroatoms. The smallest absolute Gasteiger partial charge is 0.245 e. The van der Waals surface area contributed by atoms with Gasteiger partial charge in [0.05, 0.1) is 12.1 Å². The van der Waals surface area contributed by atoms with E-state index >= 15 is 0 Å². The van der Waals surface area contributed by atoms with Crippen LogP contribution in [0.1, 0.15) is 0 Å². The molecule has 2 N–H and O–H groups in total. The van der Waals surface area contributed by atoms with Crippen LogP contribution >= 0.6 is 0 Å². The number of pyridine rings is 1. The molecule has 1 aliphatic rings. The van der Waals surface area contributed by atoms with E-state index < -0.39 is 0 Å². The number of nitrogens with two attached hydrogens (primary N) is 1. The first-order valence-electron chi connectivity index (χ1n) is 5.17. The van der Waals surface area contributed by atoms with Gasteiger partial charge < -0.3 is 10.6 Å². The van der Waals surface area contributed by atoms with E-state index in [-0.39, 0.29) is 11.9 Å². The van der Waals surface area contributed by atoms with Gasteiger partial charge in [-0.05, 0) is 24.3 Å². The van der Waals surface area contributed by atoms with Crippen molar-refractivity contribution in [2.75, 3.05) is 11.4 Å². The number of hydrogen-bond donors (Lipinski definition) is 1. The van der Waals surface area contributed by atoms with Gasteiger partial charge in [-0.3, -0.25) is 9.78 Å². The predicted octanol–water partition coefficient (Wildman–Crippen LogP) is 0.909. The lowest BCUT2D eigenvalue weighted by Gasteiger charge is -2.36. The molecule has 4 nitrogen and oxygen atoms in total. The van der Waals surface area contributed by atoms with Crippen LogP contribution < -0.4 is 10.6 Å². The zero-order valence-corrected chi connectivity index (χ0v) is 8.63. The SMILES string of the molecule is NC1CN(c2ccc3ncccc3c2)C1=O. The van der Waals surface area contributed by atoms with Crippen molar-refractivity contribution >= 4 is 22.5 Å². The Morgan fingerprint density at radius 2 is 2.25 bits per heavy atom. The van der Waals surface area contributed by atoms with Crippen LogP contribution in [0.25, 0.3) is 10.9 Å². The summed E-state index contributed by atoms with van der Waals surface area (Å²) in [5.74, 6) is -0.0109. The molecule has 0 aliphatic carbocycles. The monoisotopic (exact) mass is 213 g/mol. The number of nitrogens with zero attached hydrogens (tertiary/aromatic N) is 2. The number of carbonyl (C=O) groups is 1. The van der Waals surface area contributed by atoms with Crippen LogP contribution in [0.5, 0.6) is 0 Å². The summed E-state index contributed by atoms with van der Waals surface area (Å²) < 4.78 is 0. The fourth-order valence-corrected chi connectivity index (χ4v) is 1.92. The normalized spacial score (nSPS) is 19.9. The second-order valence-corrected chi connectivity index (χ2v) is 3.94. The first-order valence-corrected chi connectivity index (χ1v) is 5.17. The van der Waals surface area contributed by atoms with Gasteiger partial charge in [0, 0.05) is 17.3 Å². The topological polar surface area (TPSA) is 59.2 Å². The Bertz CT molecular complexity index is 567. The predicted molar refractivity (Wildman–Crippen MR) is 62.1 cm³/mol. The molecule has 1 aromatic carbocycles. The average molecular weight is 213 g/mol. The minimum atomic E-state index is -0.329. The minimum absolute atomic E-state index is 0.0109. The van der Waals surface area contributed by atoms with Crippen LogP contribution in [0.3, 0.4) is 0 Å². The number of anilines is 1. The summed E-state index contributed by atoms with van der Waals surface area (Å²) in [5, 5.41) is 1.04. The van der Waals surface area contributed by atoms with Crippen LogP contribution in [0.15, 0.2) is 36.5 Å². The van der Waals surface area contributed by atoms with E-state index in [2.05, 4.69) is 4.98 Å². The average Bonchev–Trinajstić information content (AvgIpc) is 2.35. The molecule has 0 spiro atoms. The van der Waals surface area contributed by atoms with Gasteiger partial charge in [-0.15, -0.1) is 0 Å². The maximum Gasteiger partial charge on any atom is 0.245 e. The van der Waals surface area contributed by atoms with Crippen LogP contribution in [0.4, 0.5) is 5.69 Å². The Labute approximate surface area is 92.7 Å². The fourth-order valence-electron chi connectivity index (χ4n) is 1.92. The zero-order chi connectivity index (χ0) is 11.1. The Morgan fingerprint density at radius 1 is 1.38 bits per heavy atom. The molecule has 1 aromatic heterocycles. The third-order valence-electron chi connectivity index (χ3n) is 2.86. The minimum Gasteiger partial charge on any atom is -0.318 e. The van der Waals surface area contributed by atoms with Crippen molar-refractivity contribution in [3.8, 4) is 0 Å². The van der Waals surface area contributed by atoms with Gasteiger partial charge in [0.15, 0.2) is 0 Å². The summed E-state index contributed by atoms with van der Waals surface area (Å²) in [6.07, 6.45) is 1.76. The highest BCUT2D eigenvalue weighted by Gasteiger charge is 2.34. The molecule has 1 aliphatic heterocycles. The summed E-state index contributed by atoms with van der Waals surface area (Å²) in [7, 11) is 0. The van der Waals surface area contributed by atoms with Gasteiger partial charge in [-0.25, -0.2) is 0 Å². The molecule has 1 unspecified atom stereocenters. The molecule has 1 saturated heterocycles. The first-order chi connectivity index (χ1) is 7.75. The highest BCUT2D eigenvalue weighted by Crippen LogP contribution is 2.24. The van der Waals surface area contributed by atoms with Gasteiger partial charge >= 0.3 is 0 Å².